The van der Waals surface area contributed by atoms with Crippen LogP contribution in [0, 0.1) is 0 Å². The van der Waals surface area contributed by atoms with Crippen molar-refractivity contribution in [1.29, 1.82) is 0 Å². The zero-order chi connectivity index (χ0) is 19.5. The summed E-state index contributed by atoms with van der Waals surface area (Å²) in [7, 11) is 2.25. The van der Waals surface area contributed by atoms with Crippen molar-refractivity contribution in [2.75, 3.05) is 19.1 Å². The van der Waals surface area contributed by atoms with Crippen molar-refractivity contribution >= 4 is 29.2 Å². The molecule has 0 bridgehead atoms. The van der Waals surface area contributed by atoms with E-state index in [9.17, 15) is 22.8 Å². The molecule has 0 amide bonds. The summed E-state index contributed by atoms with van der Waals surface area (Å²) in [5.41, 5.74) is -1.23. The number of ether oxygens (including phenoxy) is 2. The first-order valence-electron chi connectivity index (χ1n) is 7.12. The number of benzene rings is 1. The normalized spacial score (nSPS) is 14.3. The number of carbonyl (C=O) groups is 2. The van der Waals surface area contributed by atoms with Crippen LogP contribution in [0.15, 0.2) is 53.9 Å². The first-order valence-corrected chi connectivity index (χ1v) is 7.50. The summed E-state index contributed by atoms with van der Waals surface area (Å²) >= 11 is 5.75. The second kappa shape index (κ2) is 7.65. The van der Waals surface area contributed by atoms with Gasteiger partial charge in [0.2, 0.25) is 0 Å². The number of anilines is 1. The molecule has 1 heterocycles. The lowest BCUT2D eigenvalue weighted by molar-refractivity contribution is -0.139. The van der Waals surface area contributed by atoms with Gasteiger partial charge in [-0.3, -0.25) is 0 Å². The molecule has 0 spiro atoms. The predicted molar refractivity (Wildman–Crippen MR) is 88.3 cm³/mol. The number of nitrogens with zero attached hydrogens (tertiary/aromatic N) is 1. The maximum Gasteiger partial charge on any atom is 0.417 e. The Balaban J connectivity index is 2.64. The lowest BCUT2D eigenvalue weighted by atomic mass is 10.1. The molecule has 1 aliphatic rings. The Morgan fingerprint density at radius 3 is 2.27 bits per heavy atom. The number of allylic oxidation sites excluding steroid dienone is 2. The molecule has 26 heavy (non-hydrogen) atoms. The number of rotatable bonds is 3. The minimum Gasteiger partial charge on any atom is -0.465 e. The van der Waals surface area contributed by atoms with E-state index in [2.05, 4.69) is 4.74 Å². The van der Waals surface area contributed by atoms with Crippen LogP contribution in [0.3, 0.4) is 0 Å². The largest absolute Gasteiger partial charge is 0.465 e. The van der Waals surface area contributed by atoms with E-state index in [1.807, 2.05) is 0 Å². The molecule has 0 atom stereocenters. The fraction of sp³-hybridized carbons (Fsp3) is 0.176. The van der Waals surface area contributed by atoms with Crippen LogP contribution in [0.5, 0.6) is 0 Å². The third-order valence-corrected chi connectivity index (χ3v) is 3.74. The number of halogens is 4. The van der Waals surface area contributed by atoms with Gasteiger partial charge in [0.1, 0.15) is 5.70 Å². The van der Waals surface area contributed by atoms with Gasteiger partial charge in [-0.25, -0.2) is 9.59 Å². The maximum atomic E-state index is 12.9. The minimum absolute atomic E-state index is 0.125. The van der Waals surface area contributed by atoms with E-state index < -0.39 is 28.7 Å². The van der Waals surface area contributed by atoms with Crippen molar-refractivity contribution in [3.63, 3.8) is 0 Å². The number of esters is 2. The molecule has 1 aliphatic heterocycles. The molecular weight excluding hydrogens is 375 g/mol. The summed E-state index contributed by atoms with van der Waals surface area (Å²) in [6.45, 7) is 0. The van der Waals surface area contributed by atoms with Gasteiger partial charge >= 0.3 is 18.1 Å². The Bertz CT molecular complexity index is 828. The molecule has 0 unspecified atom stereocenters. The second-order valence-electron chi connectivity index (χ2n) is 4.98. The van der Waals surface area contributed by atoms with Crippen molar-refractivity contribution in [2.45, 2.75) is 6.18 Å². The molecule has 5 nitrogen and oxygen atoms in total. The van der Waals surface area contributed by atoms with E-state index in [1.165, 1.54) is 29.3 Å². The lowest BCUT2D eigenvalue weighted by Crippen LogP contribution is -2.27. The first kappa shape index (κ1) is 19.6. The standard InChI is InChI=1S/C17H13ClF3NO4/c1-25-15(23)11-5-3-4-8-22(14(11)16(24)26-2)10-6-7-12(13(18)9-10)17(19,20)21/h3-9H,1-2H3. The van der Waals surface area contributed by atoms with Crippen molar-refractivity contribution in [1.82, 2.24) is 0 Å². The van der Waals surface area contributed by atoms with Gasteiger partial charge in [-0.15, -0.1) is 0 Å². The number of methoxy groups -OCH3 is 2. The number of alkyl halides is 3. The third-order valence-electron chi connectivity index (χ3n) is 3.43. The summed E-state index contributed by atoms with van der Waals surface area (Å²) in [5, 5.41) is -0.551. The van der Waals surface area contributed by atoms with Gasteiger partial charge in [0.15, 0.2) is 0 Å². The summed E-state index contributed by atoms with van der Waals surface area (Å²) in [5.74, 6) is -1.69. The van der Waals surface area contributed by atoms with E-state index >= 15 is 0 Å². The van der Waals surface area contributed by atoms with Crippen LogP contribution in [0.2, 0.25) is 5.02 Å². The topological polar surface area (TPSA) is 55.8 Å². The molecule has 1 aromatic carbocycles. The Morgan fingerprint density at radius 1 is 1.08 bits per heavy atom. The summed E-state index contributed by atoms with van der Waals surface area (Å²) in [6, 6.07) is 2.95. The molecule has 9 heteroatoms. The minimum atomic E-state index is -4.62. The SMILES string of the molecule is COC(=O)C1=C(C(=O)OC)N(c2ccc(C(F)(F)F)c(Cl)c2)C=CC=C1. The number of hydrogen-bond acceptors (Lipinski definition) is 5. The quantitative estimate of drug-likeness (QED) is 0.737. The van der Waals surface area contributed by atoms with Crippen LogP contribution in [0.25, 0.3) is 0 Å². The molecule has 1 aromatic rings. The average molecular weight is 388 g/mol. The maximum absolute atomic E-state index is 12.9. The zero-order valence-corrected chi connectivity index (χ0v) is 14.4. The third kappa shape index (κ3) is 3.91. The van der Waals surface area contributed by atoms with Gasteiger partial charge in [-0.05, 0) is 30.4 Å². The monoisotopic (exact) mass is 387 g/mol. The summed E-state index contributed by atoms with van der Waals surface area (Å²) in [4.78, 5) is 25.4. The van der Waals surface area contributed by atoms with Gasteiger partial charge in [-0.2, -0.15) is 13.2 Å². The fourth-order valence-electron chi connectivity index (χ4n) is 2.25. The molecule has 138 valence electrons. The van der Waals surface area contributed by atoms with Gasteiger partial charge < -0.3 is 14.4 Å². The van der Waals surface area contributed by atoms with E-state index in [-0.39, 0.29) is 17.0 Å². The molecule has 2 rings (SSSR count). The van der Waals surface area contributed by atoms with E-state index in [0.717, 1.165) is 32.4 Å². The summed E-state index contributed by atoms with van der Waals surface area (Å²) in [6.07, 6.45) is 1.06. The molecule has 0 radical (unpaired) electrons. The lowest BCUT2D eigenvalue weighted by Gasteiger charge is -2.24. The molecule has 0 aromatic heterocycles. The van der Waals surface area contributed by atoms with Gasteiger partial charge in [0, 0.05) is 11.9 Å². The van der Waals surface area contributed by atoms with Crippen molar-refractivity contribution in [3.8, 4) is 0 Å². The highest BCUT2D eigenvalue weighted by Gasteiger charge is 2.34. The summed E-state index contributed by atoms with van der Waals surface area (Å²) < 4.78 is 48.0. The highest BCUT2D eigenvalue weighted by atomic mass is 35.5. The Kier molecular flexibility index (Phi) is 5.76. The van der Waals surface area contributed by atoms with Gasteiger partial charge in [-0.1, -0.05) is 17.7 Å². The Labute approximate surface area is 151 Å². The second-order valence-corrected chi connectivity index (χ2v) is 5.39. The van der Waals surface area contributed by atoms with E-state index in [4.69, 9.17) is 16.3 Å². The van der Waals surface area contributed by atoms with Crippen molar-refractivity contribution < 1.29 is 32.2 Å². The van der Waals surface area contributed by atoms with E-state index in [1.54, 1.807) is 0 Å². The van der Waals surface area contributed by atoms with Crippen LogP contribution >= 0.6 is 11.6 Å². The fourth-order valence-corrected chi connectivity index (χ4v) is 2.53. The molecule has 0 fully saturated rings. The molecule has 0 aliphatic carbocycles. The predicted octanol–water partition coefficient (Wildman–Crippen LogP) is 3.85. The van der Waals surface area contributed by atoms with E-state index in [0.29, 0.717) is 0 Å². The Hall–Kier alpha value is -2.74. The van der Waals surface area contributed by atoms with Crippen LogP contribution in [-0.4, -0.2) is 26.2 Å². The van der Waals surface area contributed by atoms with Crippen LogP contribution in [0.4, 0.5) is 18.9 Å². The molecule has 0 saturated carbocycles. The zero-order valence-electron chi connectivity index (χ0n) is 13.6. The number of carbonyl (C=O) groups excluding carboxylic acids is 2. The average Bonchev–Trinajstić information content (AvgIpc) is 2.82. The van der Waals surface area contributed by atoms with Crippen LogP contribution in [-0.2, 0) is 25.2 Å². The van der Waals surface area contributed by atoms with Crippen LogP contribution in [0.1, 0.15) is 5.56 Å². The van der Waals surface area contributed by atoms with Gasteiger partial charge in [0.25, 0.3) is 0 Å². The van der Waals surface area contributed by atoms with Gasteiger partial charge in [0.05, 0.1) is 30.4 Å². The first-order chi connectivity index (χ1) is 12.2. The van der Waals surface area contributed by atoms with Crippen LogP contribution < -0.4 is 4.90 Å². The number of hydrogen-bond donors (Lipinski definition) is 0. The smallest absolute Gasteiger partial charge is 0.417 e. The highest BCUT2D eigenvalue weighted by Crippen LogP contribution is 2.37. The Morgan fingerprint density at radius 2 is 1.73 bits per heavy atom. The van der Waals surface area contributed by atoms with Crippen molar-refractivity contribution in [3.05, 3.63) is 64.5 Å². The van der Waals surface area contributed by atoms with Crippen molar-refractivity contribution in [2.24, 2.45) is 0 Å². The molecular formula is C17H13ClF3NO4. The highest BCUT2D eigenvalue weighted by molar-refractivity contribution is 6.31. The molecule has 0 saturated heterocycles. The molecule has 0 N–H and O–H groups in total.